The van der Waals surface area contributed by atoms with Crippen LogP contribution < -0.4 is 0 Å². The van der Waals surface area contributed by atoms with E-state index >= 15 is 0 Å². The van der Waals surface area contributed by atoms with Gasteiger partial charge in [0.25, 0.3) is 0 Å². The molecule has 4 unspecified atom stereocenters. The summed E-state index contributed by atoms with van der Waals surface area (Å²) < 4.78 is 20.2. The van der Waals surface area contributed by atoms with Crippen molar-refractivity contribution < 1.29 is 13.9 Å². The van der Waals surface area contributed by atoms with Crippen LogP contribution in [0.4, 0.5) is 0 Å². The van der Waals surface area contributed by atoms with Gasteiger partial charge in [-0.15, -0.1) is 5.10 Å². The molecule has 0 spiro atoms. The Hall–Kier alpha value is -2.43. The van der Waals surface area contributed by atoms with Crippen LogP contribution in [-0.2, 0) is 32.7 Å². The molecule has 0 N–H and O–H groups in total. The van der Waals surface area contributed by atoms with Gasteiger partial charge >= 0.3 is 0 Å². The fourth-order valence-corrected chi connectivity index (χ4v) is 7.76. The number of nitrogens with zero attached hydrogens (tertiary/aromatic N) is 5. The quantitative estimate of drug-likeness (QED) is 0.218. The Kier molecular flexibility index (Phi) is 8.59. The Balaban J connectivity index is 1.59. The van der Waals surface area contributed by atoms with Crippen LogP contribution >= 0.6 is 0 Å². The van der Waals surface area contributed by atoms with Gasteiger partial charge in [-0.3, -0.25) is 4.90 Å². The molecule has 2 saturated heterocycles. The van der Waals surface area contributed by atoms with Gasteiger partial charge in [-0.2, -0.15) is 0 Å². The van der Waals surface area contributed by atoms with E-state index in [1.54, 1.807) is 7.11 Å². The number of fused-ring (bicyclic) bond motifs is 2. The Morgan fingerprint density at radius 2 is 1.68 bits per heavy atom. The van der Waals surface area contributed by atoms with Crippen LogP contribution in [0.25, 0.3) is 0 Å². The topological polar surface area (TPSA) is 74.5 Å². The van der Waals surface area contributed by atoms with Gasteiger partial charge in [0.2, 0.25) is 0 Å². The second-order valence-corrected chi connectivity index (χ2v) is 17.5. The highest BCUT2D eigenvalue weighted by Gasteiger charge is 2.62. The summed E-state index contributed by atoms with van der Waals surface area (Å²) in [6.45, 7) is 14.0. The lowest BCUT2D eigenvalue weighted by molar-refractivity contribution is -0.0601. The van der Waals surface area contributed by atoms with Gasteiger partial charge in [0.05, 0.1) is 24.9 Å². The van der Waals surface area contributed by atoms with E-state index in [-0.39, 0.29) is 28.6 Å². The zero-order valence-corrected chi connectivity index (χ0v) is 25.9. The van der Waals surface area contributed by atoms with Crippen molar-refractivity contribution in [2.75, 3.05) is 20.3 Å². The minimum Gasteiger partial charge on any atom is -0.412 e. The van der Waals surface area contributed by atoms with Crippen LogP contribution in [0, 0.1) is 0 Å². The third-order valence-electron chi connectivity index (χ3n) is 9.41. The van der Waals surface area contributed by atoms with Gasteiger partial charge in [-0.05, 0) is 58.9 Å². The standard InChI is InChI=1S/C31H45N5O3Si/c1-30(2,3)40(5,6)39-28-18-17-27-26(29-32-33-34-36(29)23-38-20-19-37-4)21-31(28,25-15-11-8-12-16-25)35(27)22-24-13-9-7-10-14-24/h7-16,26-28H,17-23H2,1-6H3. The molecule has 0 saturated carbocycles. The third kappa shape index (κ3) is 5.54. The predicted octanol–water partition coefficient (Wildman–Crippen LogP) is 5.73. The number of rotatable bonds is 11. The maximum Gasteiger partial charge on any atom is 0.192 e. The van der Waals surface area contributed by atoms with Crippen molar-refractivity contribution in [1.29, 1.82) is 0 Å². The predicted molar refractivity (Wildman–Crippen MR) is 158 cm³/mol. The summed E-state index contributed by atoms with van der Waals surface area (Å²) in [4.78, 5) is 2.73. The van der Waals surface area contributed by atoms with Crippen molar-refractivity contribution in [3.63, 3.8) is 0 Å². The smallest absolute Gasteiger partial charge is 0.192 e. The van der Waals surface area contributed by atoms with E-state index in [1.807, 2.05) is 4.68 Å². The fraction of sp³-hybridized carbons (Fsp3) is 0.581. The first-order chi connectivity index (χ1) is 19.2. The van der Waals surface area contributed by atoms with Gasteiger partial charge < -0.3 is 13.9 Å². The number of hydrogen-bond acceptors (Lipinski definition) is 7. The lowest BCUT2D eigenvalue weighted by atomic mass is 9.78. The SMILES string of the molecule is COCCOCn1nnnc1C1CC2(c3ccccc3)C(O[Si](C)(C)C(C)(C)C)CCC1N2Cc1ccccc1. The van der Waals surface area contributed by atoms with Crippen LogP contribution in [0.3, 0.4) is 0 Å². The molecule has 216 valence electrons. The first kappa shape index (κ1) is 29.1. The summed E-state index contributed by atoms with van der Waals surface area (Å²) in [5, 5.41) is 13.2. The molecule has 2 aliphatic heterocycles. The van der Waals surface area contributed by atoms with E-state index in [0.717, 1.165) is 31.6 Å². The monoisotopic (exact) mass is 563 g/mol. The minimum atomic E-state index is -2.06. The molecule has 1 aromatic heterocycles. The summed E-state index contributed by atoms with van der Waals surface area (Å²) in [5.41, 5.74) is 2.33. The molecular formula is C31H45N5O3Si. The van der Waals surface area contributed by atoms with Crippen molar-refractivity contribution in [2.24, 2.45) is 0 Å². The second kappa shape index (κ2) is 11.8. The summed E-state index contributed by atoms with van der Waals surface area (Å²) in [5.74, 6) is 1.05. The molecule has 0 amide bonds. The lowest BCUT2D eigenvalue weighted by Crippen LogP contribution is -2.60. The molecule has 8 nitrogen and oxygen atoms in total. The molecule has 0 radical (unpaired) electrons. The normalized spacial score (nSPS) is 25.4. The van der Waals surface area contributed by atoms with Crippen LogP contribution in [0.5, 0.6) is 0 Å². The summed E-state index contributed by atoms with van der Waals surface area (Å²) in [6.07, 6.45) is 3.01. The lowest BCUT2D eigenvalue weighted by Gasteiger charge is -2.53. The van der Waals surface area contributed by atoms with E-state index in [2.05, 4.69) is 115 Å². The molecule has 2 aliphatic rings. The molecule has 2 fully saturated rings. The van der Waals surface area contributed by atoms with Gasteiger partial charge in [-0.25, -0.2) is 4.68 Å². The summed E-state index contributed by atoms with van der Waals surface area (Å²) in [7, 11) is -0.384. The van der Waals surface area contributed by atoms with Gasteiger partial charge in [-0.1, -0.05) is 81.4 Å². The fourth-order valence-electron chi connectivity index (χ4n) is 6.39. The summed E-state index contributed by atoms with van der Waals surface area (Å²) >= 11 is 0. The molecule has 5 rings (SSSR count). The molecule has 9 heteroatoms. The Bertz CT molecular complexity index is 1230. The Morgan fingerprint density at radius 1 is 0.975 bits per heavy atom. The first-order valence-electron chi connectivity index (χ1n) is 14.5. The van der Waals surface area contributed by atoms with Crippen molar-refractivity contribution in [3.05, 3.63) is 77.6 Å². The van der Waals surface area contributed by atoms with Crippen molar-refractivity contribution in [1.82, 2.24) is 25.1 Å². The van der Waals surface area contributed by atoms with E-state index in [1.165, 1.54) is 11.1 Å². The zero-order chi connectivity index (χ0) is 28.4. The second-order valence-electron chi connectivity index (χ2n) is 12.8. The number of piperidine rings is 1. The Morgan fingerprint density at radius 3 is 2.35 bits per heavy atom. The molecule has 2 bridgehead atoms. The van der Waals surface area contributed by atoms with Crippen molar-refractivity contribution >= 4 is 8.32 Å². The molecular weight excluding hydrogens is 518 g/mol. The average Bonchev–Trinajstić information content (AvgIpc) is 3.48. The molecule has 2 aromatic carbocycles. The van der Waals surface area contributed by atoms with Crippen molar-refractivity contribution in [3.8, 4) is 0 Å². The maximum absolute atomic E-state index is 7.39. The highest BCUT2D eigenvalue weighted by Crippen LogP contribution is 2.58. The van der Waals surface area contributed by atoms with Crippen LogP contribution in [0.2, 0.25) is 18.1 Å². The maximum atomic E-state index is 7.39. The molecule has 3 heterocycles. The van der Waals surface area contributed by atoms with Gasteiger partial charge in [0, 0.05) is 25.6 Å². The van der Waals surface area contributed by atoms with E-state index in [9.17, 15) is 0 Å². The van der Waals surface area contributed by atoms with Crippen molar-refractivity contribution in [2.45, 2.75) is 95.0 Å². The van der Waals surface area contributed by atoms with Gasteiger partial charge in [0.15, 0.2) is 14.1 Å². The highest BCUT2D eigenvalue weighted by atomic mass is 28.4. The number of hydrogen-bond donors (Lipinski definition) is 0. The third-order valence-corrected chi connectivity index (χ3v) is 13.9. The van der Waals surface area contributed by atoms with Crippen LogP contribution in [-0.4, -0.2) is 65.9 Å². The molecule has 4 atom stereocenters. The highest BCUT2D eigenvalue weighted by molar-refractivity contribution is 6.74. The summed E-state index contributed by atoms with van der Waals surface area (Å²) in [6, 6.07) is 22.1. The van der Waals surface area contributed by atoms with E-state index in [0.29, 0.717) is 19.9 Å². The number of tetrazole rings is 1. The van der Waals surface area contributed by atoms with Gasteiger partial charge in [0.1, 0.15) is 6.73 Å². The first-order valence-corrected chi connectivity index (χ1v) is 17.4. The number of methoxy groups -OCH3 is 1. The molecule has 0 aliphatic carbocycles. The van der Waals surface area contributed by atoms with Crippen LogP contribution in [0.15, 0.2) is 60.7 Å². The average molecular weight is 564 g/mol. The van der Waals surface area contributed by atoms with E-state index in [4.69, 9.17) is 13.9 Å². The largest absolute Gasteiger partial charge is 0.412 e. The number of ether oxygens (including phenoxy) is 2. The van der Waals surface area contributed by atoms with Crippen LogP contribution in [0.1, 0.15) is 62.9 Å². The minimum absolute atomic E-state index is 0.0723. The molecule has 40 heavy (non-hydrogen) atoms. The number of aromatic nitrogens is 4. The zero-order valence-electron chi connectivity index (χ0n) is 24.9. The Labute approximate surface area is 240 Å². The number of benzene rings is 2. The van der Waals surface area contributed by atoms with E-state index < -0.39 is 8.32 Å². The molecule has 3 aromatic rings.